The van der Waals surface area contributed by atoms with Gasteiger partial charge in [-0.05, 0) is 12.8 Å². The second-order valence-corrected chi connectivity index (χ2v) is 7.20. The maximum atomic E-state index is 11.1. The number of rotatable bonds is 2. The molecule has 0 aliphatic heterocycles. The Labute approximate surface area is 85.7 Å². The van der Waals surface area contributed by atoms with Crippen LogP contribution >= 0.6 is 11.8 Å². The van der Waals surface area contributed by atoms with Crippen molar-refractivity contribution in [3.63, 3.8) is 0 Å². The monoisotopic (exact) mass is 200 g/mol. The molecule has 1 aliphatic carbocycles. The van der Waals surface area contributed by atoms with E-state index in [9.17, 15) is 4.79 Å². The van der Waals surface area contributed by atoms with E-state index in [1.807, 2.05) is 11.8 Å². The number of aldehydes is 1. The fraction of sp³-hybridized carbons (Fsp3) is 0.909. The zero-order chi connectivity index (χ0) is 9.95. The van der Waals surface area contributed by atoms with Gasteiger partial charge in [-0.3, -0.25) is 0 Å². The second kappa shape index (κ2) is 4.04. The summed E-state index contributed by atoms with van der Waals surface area (Å²) in [7, 11) is 0. The highest BCUT2D eigenvalue weighted by molar-refractivity contribution is 8.02. The molecular formula is C11H20OS. The number of hydrogen-bond donors (Lipinski definition) is 0. The number of hydrogen-bond acceptors (Lipinski definition) is 2. The molecule has 1 saturated carbocycles. The van der Waals surface area contributed by atoms with Crippen molar-refractivity contribution in [1.29, 1.82) is 0 Å². The normalized spacial score (nSPS) is 22.7. The molecule has 1 aliphatic rings. The van der Waals surface area contributed by atoms with E-state index in [0.717, 1.165) is 12.8 Å². The van der Waals surface area contributed by atoms with Crippen LogP contribution in [0, 0.1) is 0 Å². The predicted molar refractivity (Wildman–Crippen MR) is 59.2 cm³/mol. The maximum Gasteiger partial charge on any atom is 0.136 e. The smallest absolute Gasteiger partial charge is 0.136 e. The highest BCUT2D eigenvalue weighted by atomic mass is 32.2. The molecule has 0 aromatic rings. The van der Waals surface area contributed by atoms with Crippen LogP contribution in [0.4, 0.5) is 0 Å². The van der Waals surface area contributed by atoms with E-state index in [1.165, 1.54) is 25.5 Å². The lowest BCUT2D eigenvalue weighted by Gasteiger charge is -2.36. The van der Waals surface area contributed by atoms with Crippen LogP contribution in [0.3, 0.4) is 0 Å². The Balaban J connectivity index is 2.63. The third-order valence-electron chi connectivity index (χ3n) is 2.42. The first kappa shape index (κ1) is 11.1. The van der Waals surface area contributed by atoms with Crippen LogP contribution < -0.4 is 0 Å². The molecule has 1 nitrogen and oxygen atoms in total. The molecule has 0 N–H and O–H groups in total. The third kappa shape index (κ3) is 3.34. The zero-order valence-electron chi connectivity index (χ0n) is 8.93. The molecule has 0 aromatic carbocycles. The van der Waals surface area contributed by atoms with Crippen molar-refractivity contribution in [2.24, 2.45) is 0 Å². The van der Waals surface area contributed by atoms with Crippen molar-refractivity contribution in [2.75, 3.05) is 0 Å². The van der Waals surface area contributed by atoms with E-state index in [1.54, 1.807) is 0 Å². The Morgan fingerprint density at radius 1 is 1.15 bits per heavy atom. The quantitative estimate of drug-likeness (QED) is 0.635. The van der Waals surface area contributed by atoms with Gasteiger partial charge in [0.2, 0.25) is 0 Å². The molecule has 0 unspecified atom stereocenters. The van der Waals surface area contributed by atoms with Crippen LogP contribution in [0.25, 0.3) is 0 Å². The summed E-state index contributed by atoms with van der Waals surface area (Å²) in [5.41, 5.74) is 0. The molecule has 0 spiro atoms. The van der Waals surface area contributed by atoms with Gasteiger partial charge < -0.3 is 4.79 Å². The fourth-order valence-electron chi connectivity index (χ4n) is 2.00. The van der Waals surface area contributed by atoms with E-state index >= 15 is 0 Å². The average molecular weight is 200 g/mol. The van der Waals surface area contributed by atoms with Gasteiger partial charge in [0, 0.05) is 4.75 Å². The van der Waals surface area contributed by atoms with Gasteiger partial charge in [-0.1, -0.05) is 40.0 Å². The summed E-state index contributed by atoms with van der Waals surface area (Å²) in [6.45, 7) is 6.58. The van der Waals surface area contributed by atoms with Gasteiger partial charge in [0.25, 0.3) is 0 Å². The third-order valence-corrected chi connectivity index (χ3v) is 3.95. The van der Waals surface area contributed by atoms with Crippen LogP contribution in [-0.4, -0.2) is 15.8 Å². The van der Waals surface area contributed by atoms with Crippen LogP contribution in [0.1, 0.15) is 52.9 Å². The summed E-state index contributed by atoms with van der Waals surface area (Å²) >= 11 is 1.86. The lowest BCUT2D eigenvalue weighted by molar-refractivity contribution is -0.110. The summed E-state index contributed by atoms with van der Waals surface area (Å²) < 4.78 is 0.148. The molecule has 0 heterocycles. The van der Waals surface area contributed by atoms with Gasteiger partial charge >= 0.3 is 0 Å². The highest BCUT2D eigenvalue weighted by Gasteiger charge is 2.36. The molecule has 1 rings (SSSR count). The fourth-order valence-corrected chi connectivity index (χ4v) is 3.76. The first-order valence-corrected chi connectivity index (χ1v) is 5.96. The van der Waals surface area contributed by atoms with Gasteiger partial charge in [-0.15, -0.1) is 11.8 Å². The molecule has 13 heavy (non-hydrogen) atoms. The Kier molecular flexibility index (Phi) is 3.44. The molecule has 1 fully saturated rings. The summed E-state index contributed by atoms with van der Waals surface area (Å²) in [5, 5.41) is 0. The van der Waals surface area contributed by atoms with E-state index in [2.05, 4.69) is 20.8 Å². The first-order valence-electron chi connectivity index (χ1n) is 5.14. The molecule has 0 bridgehead atoms. The minimum atomic E-state index is -0.0590. The van der Waals surface area contributed by atoms with Crippen molar-refractivity contribution in [2.45, 2.75) is 62.4 Å². The van der Waals surface area contributed by atoms with Crippen molar-refractivity contribution in [3.05, 3.63) is 0 Å². The topological polar surface area (TPSA) is 17.1 Å². The second-order valence-electron chi connectivity index (χ2n) is 4.96. The zero-order valence-corrected chi connectivity index (χ0v) is 9.75. The molecular weight excluding hydrogens is 180 g/mol. The minimum Gasteiger partial charge on any atom is -0.302 e. The largest absolute Gasteiger partial charge is 0.302 e. The Morgan fingerprint density at radius 3 is 2.08 bits per heavy atom. The number of carbonyl (C=O) groups excluding carboxylic acids is 1. The average Bonchev–Trinajstić information content (AvgIpc) is 2.03. The van der Waals surface area contributed by atoms with Crippen molar-refractivity contribution in [1.82, 2.24) is 0 Å². The SMILES string of the molecule is CC(C)(C)SC1(C=O)CCCCC1. The van der Waals surface area contributed by atoms with E-state index in [0.29, 0.717) is 0 Å². The highest BCUT2D eigenvalue weighted by Crippen LogP contribution is 2.44. The van der Waals surface area contributed by atoms with Crippen molar-refractivity contribution in [3.8, 4) is 0 Å². The molecule has 0 radical (unpaired) electrons. The summed E-state index contributed by atoms with van der Waals surface area (Å²) in [4.78, 5) is 11.1. The summed E-state index contributed by atoms with van der Waals surface area (Å²) in [5.74, 6) is 0. The van der Waals surface area contributed by atoms with E-state index in [4.69, 9.17) is 0 Å². The standard InChI is InChI=1S/C11H20OS/c1-10(2,3)13-11(9-12)7-5-4-6-8-11/h9H,4-8H2,1-3H3. The minimum absolute atomic E-state index is 0.0590. The number of carbonyl (C=O) groups is 1. The van der Waals surface area contributed by atoms with Gasteiger partial charge in [-0.25, -0.2) is 0 Å². The summed E-state index contributed by atoms with van der Waals surface area (Å²) in [6, 6.07) is 0. The lowest BCUT2D eigenvalue weighted by atomic mass is 9.89. The van der Waals surface area contributed by atoms with Gasteiger partial charge in [0.15, 0.2) is 0 Å². The van der Waals surface area contributed by atoms with Crippen molar-refractivity contribution < 1.29 is 4.79 Å². The van der Waals surface area contributed by atoms with Crippen LogP contribution in [-0.2, 0) is 4.79 Å². The van der Waals surface area contributed by atoms with E-state index in [-0.39, 0.29) is 9.49 Å². The predicted octanol–water partition coefficient (Wildman–Crippen LogP) is 3.42. The molecule has 2 heteroatoms. The first-order chi connectivity index (χ1) is 5.97. The molecule has 0 amide bonds. The Hall–Kier alpha value is 0.0200. The molecule has 0 atom stereocenters. The Bertz CT molecular complexity index is 175. The van der Waals surface area contributed by atoms with Gasteiger partial charge in [0.05, 0.1) is 4.75 Å². The van der Waals surface area contributed by atoms with Crippen LogP contribution in [0.15, 0.2) is 0 Å². The van der Waals surface area contributed by atoms with Crippen LogP contribution in [0.5, 0.6) is 0 Å². The lowest BCUT2D eigenvalue weighted by Crippen LogP contribution is -2.34. The summed E-state index contributed by atoms with van der Waals surface area (Å²) in [6.07, 6.45) is 7.11. The molecule has 76 valence electrons. The number of thioether (sulfide) groups is 1. The van der Waals surface area contributed by atoms with Crippen LogP contribution in [0.2, 0.25) is 0 Å². The van der Waals surface area contributed by atoms with Crippen molar-refractivity contribution >= 4 is 18.0 Å². The molecule has 0 aromatic heterocycles. The Morgan fingerprint density at radius 2 is 1.69 bits per heavy atom. The van der Waals surface area contributed by atoms with Gasteiger partial charge in [0.1, 0.15) is 6.29 Å². The maximum absolute atomic E-state index is 11.1. The molecule has 0 saturated heterocycles. The van der Waals surface area contributed by atoms with E-state index < -0.39 is 0 Å². The van der Waals surface area contributed by atoms with Gasteiger partial charge in [-0.2, -0.15) is 0 Å².